The van der Waals surface area contributed by atoms with Crippen LogP contribution in [0.3, 0.4) is 0 Å². The molecule has 0 fully saturated rings. The van der Waals surface area contributed by atoms with Crippen LogP contribution in [0.2, 0.25) is 0 Å². The van der Waals surface area contributed by atoms with Gasteiger partial charge in [0.2, 0.25) is 0 Å². The standard InChI is InChI=1S/C17H20O2.C16H18O2.C3H8O2/c1-17(2,13-5-9-15(18-3)10-6-13)14-7-11-16(19-4)12-8-14;1-17-15-9-5-13(6-10-15)3-4-14-7-11-16(18-2)12-8-14;1-4-3-5-2/h5-12H,1-4H3;5-12H,3-4H2,1-2H3;3H2,1-2H3. The van der Waals surface area contributed by atoms with E-state index in [0.29, 0.717) is 6.79 Å². The van der Waals surface area contributed by atoms with Crippen molar-refractivity contribution in [3.8, 4) is 23.0 Å². The summed E-state index contributed by atoms with van der Waals surface area (Å²) < 4.78 is 29.6. The Kier molecular flexibility index (Phi) is 15.0. The predicted molar refractivity (Wildman–Crippen MR) is 170 cm³/mol. The third-order valence-corrected chi connectivity index (χ3v) is 6.88. The van der Waals surface area contributed by atoms with E-state index >= 15 is 0 Å². The maximum Gasteiger partial charge on any atom is 0.145 e. The van der Waals surface area contributed by atoms with Gasteiger partial charge in [-0.3, -0.25) is 0 Å². The van der Waals surface area contributed by atoms with E-state index < -0.39 is 0 Å². The topological polar surface area (TPSA) is 55.4 Å². The highest BCUT2D eigenvalue weighted by Crippen LogP contribution is 2.33. The minimum absolute atomic E-state index is 0.0431. The van der Waals surface area contributed by atoms with Crippen LogP contribution in [0.4, 0.5) is 0 Å². The Morgan fingerprint density at radius 3 is 0.881 bits per heavy atom. The minimum Gasteiger partial charge on any atom is -0.497 e. The van der Waals surface area contributed by atoms with Crippen molar-refractivity contribution in [3.63, 3.8) is 0 Å². The van der Waals surface area contributed by atoms with Crippen molar-refractivity contribution in [3.05, 3.63) is 119 Å². The predicted octanol–water partition coefficient (Wildman–Crippen LogP) is 7.76. The Balaban J connectivity index is 0.000000254. The summed E-state index contributed by atoms with van der Waals surface area (Å²) in [5, 5.41) is 0. The van der Waals surface area contributed by atoms with E-state index in [9.17, 15) is 0 Å². The lowest BCUT2D eigenvalue weighted by atomic mass is 9.78. The summed E-state index contributed by atoms with van der Waals surface area (Å²) in [5.74, 6) is 3.58. The van der Waals surface area contributed by atoms with Gasteiger partial charge in [0.25, 0.3) is 0 Å². The molecule has 226 valence electrons. The number of aryl methyl sites for hydroxylation is 2. The molecule has 0 aromatic heterocycles. The maximum atomic E-state index is 5.20. The molecule has 0 heterocycles. The van der Waals surface area contributed by atoms with Crippen LogP contribution < -0.4 is 18.9 Å². The monoisotopic (exact) mass is 574 g/mol. The van der Waals surface area contributed by atoms with Crippen LogP contribution in [0.5, 0.6) is 23.0 Å². The van der Waals surface area contributed by atoms with Gasteiger partial charge in [0, 0.05) is 19.6 Å². The van der Waals surface area contributed by atoms with Gasteiger partial charge in [-0.05, 0) is 83.6 Å². The molecule has 0 aliphatic carbocycles. The van der Waals surface area contributed by atoms with Gasteiger partial charge in [0.05, 0.1) is 28.4 Å². The van der Waals surface area contributed by atoms with E-state index in [4.69, 9.17) is 18.9 Å². The first-order valence-electron chi connectivity index (χ1n) is 13.8. The molecule has 0 saturated heterocycles. The summed E-state index contributed by atoms with van der Waals surface area (Å²) in [6.07, 6.45) is 2.08. The zero-order valence-electron chi connectivity index (χ0n) is 26.3. The fourth-order valence-corrected chi connectivity index (χ4v) is 4.17. The van der Waals surface area contributed by atoms with Crippen LogP contribution in [0.1, 0.15) is 36.1 Å². The van der Waals surface area contributed by atoms with E-state index in [1.807, 2.05) is 48.5 Å². The molecule has 0 bridgehead atoms. The van der Waals surface area contributed by atoms with E-state index in [1.54, 1.807) is 42.7 Å². The zero-order valence-corrected chi connectivity index (χ0v) is 26.3. The normalized spacial score (nSPS) is 10.4. The molecule has 0 atom stereocenters. The second-order valence-corrected chi connectivity index (χ2v) is 9.97. The molecule has 0 radical (unpaired) electrons. The fraction of sp³-hybridized carbons (Fsp3) is 0.333. The highest BCUT2D eigenvalue weighted by molar-refractivity contribution is 5.41. The molecule has 42 heavy (non-hydrogen) atoms. The van der Waals surface area contributed by atoms with Crippen molar-refractivity contribution in [2.75, 3.05) is 49.5 Å². The molecule has 6 nitrogen and oxygen atoms in total. The SMILES string of the molecule is COCOC.COc1ccc(C(C)(C)c2ccc(OC)cc2)cc1.COc1ccc(CCc2ccc(OC)cc2)cc1. The first-order valence-corrected chi connectivity index (χ1v) is 13.8. The second-order valence-electron chi connectivity index (χ2n) is 9.97. The van der Waals surface area contributed by atoms with Gasteiger partial charge in [-0.15, -0.1) is 0 Å². The van der Waals surface area contributed by atoms with Crippen LogP contribution in [-0.2, 0) is 27.7 Å². The van der Waals surface area contributed by atoms with Gasteiger partial charge in [-0.1, -0.05) is 62.4 Å². The number of methoxy groups -OCH3 is 6. The van der Waals surface area contributed by atoms with Gasteiger partial charge < -0.3 is 28.4 Å². The molecule has 0 spiro atoms. The Labute approximate surface area is 252 Å². The number of ether oxygens (including phenoxy) is 6. The smallest absolute Gasteiger partial charge is 0.145 e. The third-order valence-electron chi connectivity index (χ3n) is 6.88. The molecule has 0 unspecified atom stereocenters. The second kappa shape index (κ2) is 18.4. The van der Waals surface area contributed by atoms with Crippen LogP contribution in [0.25, 0.3) is 0 Å². The highest BCUT2D eigenvalue weighted by atomic mass is 16.6. The van der Waals surface area contributed by atoms with Crippen molar-refractivity contribution in [1.29, 1.82) is 0 Å². The Morgan fingerprint density at radius 1 is 0.405 bits per heavy atom. The van der Waals surface area contributed by atoms with Crippen molar-refractivity contribution in [2.45, 2.75) is 32.1 Å². The molecule has 4 aromatic rings. The van der Waals surface area contributed by atoms with Crippen LogP contribution in [0, 0.1) is 0 Å². The molecule has 0 saturated carbocycles. The molecule has 0 amide bonds. The number of hydrogen-bond acceptors (Lipinski definition) is 6. The van der Waals surface area contributed by atoms with Gasteiger partial charge >= 0.3 is 0 Å². The van der Waals surface area contributed by atoms with E-state index in [0.717, 1.165) is 35.8 Å². The third kappa shape index (κ3) is 11.1. The summed E-state index contributed by atoms with van der Waals surface area (Å²) in [6, 6.07) is 32.9. The number of rotatable bonds is 11. The molecule has 0 aliphatic heterocycles. The van der Waals surface area contributed by atoms with Gasteiger partial charge in [0.1, 0.15) is 29.8 Å². The quantitative estimate of drug-likeness (QED) is 0.171. The van der Waals surface area contributed by atoms with Crippen molar-refractivity contribution < 1.29 is 28.4 Å². The molecule has 4 rings (SSSR count). The Hall–Kier alpha value is -4.00. The minimum atomic E-state index is -0.0431. The Morgan fingerprint density at radius 2 is 0.667 bits per heavy atom. The van der Waals surface area contributed by atoms with Gasteiger partial charge in [0.15, 0.2) is 0 Å². The van der Waals surface area contributed by atoms with Gasteiger partial charge in [-0.25, -0.2) is 0 Å². The Bertz CT molecular complexity index is 1150. The first-order chi connectivity index (χ1) is 20.3. The summed E-state index contributed by atoms with van der Waals surface area (Å²) in [7, 11) is 9.92. The first kappa shape index (κ1) is 34.2. The molecule has 4 aromatic carbocycles. The average molecular weight is 575 g/mol. The van der Waals surface area contributed by atoms with E-state index in [1.165, 1.54) is 22.3 Å². The summed E-state index contributed by atoms with van der Waals surface area (Å²) >= 11 is 0. The zero-order chi connectivity index (χ0) is 30.8. The highest BCUT2D eigenvalue weighted by Gasteiger charge is 2.23. The lowest BCUT2D eigenvalue weighted by molar-refractivity contribution is -0.00272. The lowest BCUT2D eigenvalue weighted by Gasteiger charge is -2.26. The lowest BCUT2D eigenvalue weighted by Crippen LogP contribution is -2.18. The summed E-state index contributed by atoms with van der Waals surface area (Å²) in [6.45, 7) is 4.83. The fourth-order valence-electron chi connectivity index (χ4n) is 4.17. The summed E-state index contributed by atoms with van der Waals surface area (Å²) in [5.41, 5.74) is 5.13. The van der Waals surface area contributed by atoms with Crippen LogP contribution >= 0.6 is 0 Å². The van der Waals surface area contributed by atoms with E-state index in [2.05, 4.69) is 71.9 Å². The van der Waals surface area contributed by atoms with E-state index in [-0.39, 0.29) is 5.41 Å². The van der Waals surface area contributed by atoms with Crippen LogP contribution in [-0.4, -0.2) is 49.5 Å². The van der Waals surface area contributed by atoms with Crippen LogP contribution in [0.15, 0.2) is 97.1 Å². The summed E-state index contributed by atoms with van der Waals surface area (Å²) in [4.78, 5) is 0. The van der Waals surface area contributed by atoms with Crippen molar-refractivity contribution in [1.82, 2.24) is 0 Å². The van der Waals surface area contributed by atoms with Crippen molar-refractivity contribution in [2.24, 2.45) is 0 Å². The van der Waals surface area contributed by atoms with Gasteiger partial charge in [-0.2, -0.15) is 0 Å². The number of hydrogen-bond donors (Lipinski definition) is 0. The molecule has 6 heteroatoms. The molecular weight excluding hydrogens is 528 g/mol. The van der Waals surface area contributed by atoms with Crippen molar-refractivity contribution >= 4 is 0 Å². The maximum absolute atomic E-state index is 5.20. The molecule has 0 N–H and O–H groups in total. The molecular formula is C36H46O6. The average Bonchev–Trinajstić information content (AvgIpc) is 3.05. The molecule has 0 aliphatic rings. The number of benzene rings is 4. The largest absolute Gasteiger partial charge is 0.497 e.